The Kier molecular flexibility index (Phi) is 2.63. The number of hydrogen-bond donors (Lipinski definition) is 0. The summed E-state index contributed by atoms with van der Waals surface area (Å²) in [4.78, 5) is 12.4. The largest absolute Gasteiger partial charge is 0.299 e. The van der Waals surface area contributed by atoms with E-state index in [-0.39, 0.29) is 10.8 Å². The molecule has 0 amide bonds. The van der Waals surface area contributed by atoms with Gasteiger partial charge in [0, 0.05) is 22.0 Å². The summed E-state index contributed by atoms with van der Waals surface area (Å²) in [7, 11) is 0. The van der Waals surface area contributed by atoms with Crippen molar-refractivity contribution in [1.82, 2.24) is 0 Å². The van der Waals surface area contributed by atoms with Crippen LogP contribution in [0, 0.1) is 16.7 Å². The topological polar surface area (TPSA) is 17.1 Å². The zero-order valence-electron chi connectivity index (χ0n) is 8.65. The summed E-state index contributed by atoms with van der Waals surface area (Å²) >= 11 is 7.20. The summed E-state index contributed by atoms with van der Waals surface area (Å²) in [5.41, 5.74) is 0.0905. The molecule has 14 heavy (non-hydrogen) atoms. The molecule has 2 aliphatic rings. The Hall–Kier alpha value is 0.630. The molecule has 0 radical (unpaired) electrons. The van der Waals surface area contributed by atoms with Gasteiger partial charge in [-0.15, -0.1) is 0 Å². The maximum absolute atomic E-state index is 12.1. The van der Waals surface area contributed by atoms with Crippen LogP contribution in [-0.4, -0.2) is 15.9 Å². The first-order valence-electron chi connectivity index (χ1n) is 5.20. The van der Waals surface area contributed by atoms with E-state index in [9.17, 15) is 4.79 Å². The second-order valence-corrected chi connectivity index (χ2v) is 6.93. The zero-order valence-corrected chi connectivity index (χ0v) is 11.8. The van der Waals surface area contributed by atoms with Crippen LogP contribution in [-0.2, 0) is 4.79 Å². The molecule has 0 aromatic rings. The van der Waals surface area contributed by atoms with Crippen LogP contribution in [0.5, 0.6) is 0 Å². The highest BCUT2D eigenvalue weighted by Crippen LogP contribution is 2.66. The number of carbonyl (C=O) groups excluding carboxylic acids is 1. The maximum Gasteiger partial charge on any atom is 0.141 e. The quantitative estimate of drug-likeness (QED) is 0.710. The average molecular weight is 324 g/mol. The molecule has 0 aliphatic heterocycles. The number of alkyl halides is 2. The number of halogens is 2. The Morgan fingerprint density at radius 3 is 2.57 bits per heavy atom. The standard InChI is InChI=1S/C11H16Br2O/c1-10(2)7-3-4-11(10,8(13)6-12)9(14)5-7/h7-8H,3-6H2,1-2H3/t7-,8+,11-/m1/s1. The fraction of sp³-hybridized carbons (Fsp3) is 0.909. The highest BCUT2D eigenvalue weighted by atomic mass is 79.9. The third kappa shape index (κ3) is 1.09. The highest BCUT2D eigenvalue weighted by molar-refractivity contribution is 9.12. The lowest BCUT2D eigenvalue weighted by Crippen LogP contribution is -2.44. The molecule has 2 bridgehead atoms. The predicted molar refractivity (Wildman–Crippen MR) is 65.1 cm³/mol. The second kappa shape index (κ2) is 3.31. The molecule has 2 aliphatic carbocycles. The minimum absolute atomic E-state index is 0.0961. The normalized spacial score (nSPS) is 41.7. The lowest BCUT2D eigenvalue weighted by atomic mass is 9.67. The predicted octanol–water partition coefficient (Wildman–Crippen LogP) is 3.54. The third-order valence-corrected chi connectivity index (χ3v) is 7.28. The summed E-state index contributed by atoms with van der Waals surface area (Å²) in [6, 6.07) is 0. The molecule has 2 fully saturated rings. The van der Waals surface area contributed by atoms with E-state index in [1.807, 2.05) is 0 Å². The van der Waals surface area contributed by atoms with Crippen LogP contribution in [0.15, 0.2) is 0 Å². The Morgan fingerprint density at radius 2 is 2.21 bits per heavy atom. The molecule has 3 heteroatoms. The third-order valence-electron chi connectivity index (χ3n) is 4.66. The minimum Gasteiger partial charge on any atom is -0.299 e. The van der Waals surface area contributed by atoms with Crippen LogP contribution in [0.4, 0.5) is 0 Å². The molecule has 0 saturated heterocycles. The van der Waals surface area contributed by atoms with Crippen molar-refractivity contribution in [2.24, 2.45) is 16.7 Å². The molecular formula is C11H16Br2O. The fourth-order valence-corrected chi connectivity index (χ4v) is 5.20. The van der Waals surface area contributed by atoms with Gasteiger partial charge in [-0.2, -0.15) is 0 Å². The van der Waals surface area contributed by atoms with Crippen molar-refractivity contribution in [3.05, 3.63) is 0 Å². The smallest absolute Gasteiger partial charge is 0.141 e. The van der Waals surface area contributed by atoms with Crippen molar-refractivity contribution in [2.45, 2.75) is 37.9 Å². The summed E-state index contributed by atoms with van der Waals surface area (Å²) < 4.78 is 0. The summed E-state index contributed by atoms with van der Waals surface area (Å²) in [5.74, 6) is 1.11. The molecule has 0 aromatic heterocycles. The average Bonchev–Trinajstić information content (AvgIpc) is 2.49. The first-order chi connectivity index (χ1) is 6.46. The van der Waals surface area contributed by atoms with Crippen molar-refractivity contribution in [1.29, 1.82) is 0 Å². The Balaban J connectivity index is 2.44. The van der Waals surface area contributed by atoms with Gasteiger partial charge in [-0.05, 0) is 24.2 Å². The molecule has 2 saturated carbocycles. The van der Waals surface area contributed by atoms with Gasteiger partial charge in [0.05, 0.1) is 0 Å². The van der Waals surface area contributed by atoms with Crippen LogP contribution < -0.4 is 0 Å². The number of carbonyl (C=O) groups is 1. The molecule has 1 nitrogen and oxygen atoms in total. The van der Waals surface area contributed by atoms with E-state index >= 15 is 0 Å². The van der Waals surface area contributed by atoms with Crippen LogP contribution in [0.1, 0.15) is 33.1 Å². The summed E-state index contributed by atoms with van der Waals surface area (Å²) in [6.45, 7) is 4.54. The Morgan fingerprint density at radius 1 is 1.57 bits per heavy atom. The number of rotatable bonds is 2. The van der Waals surface area contributed by atoms with Crippen LogP contribution in [0.3, 0.4) is 0 Å². The molecule has 2 rings (SSSR count). The van der Waals surface area contributed by atoms with Gasteiger partial charge in [0.25, 0.3) is 0 Å². The number of fused-ring (bicyclic) bond motifs is 2. The lowest BCUT2D eigenvalue weighted by Gasteiger charge is -2.39. The van der Waals surface area contributed by atoms with Gasteiger partial charge in [0.15, 0.2) is 0 Å². The van der Waals surface area contributed by atoms with Crippen molar-refractivity contribution < 1.29 is 4.79 Å². The van der Waals surface area contributed by atoms with Crippen molar-refractivity contribution in [2.75, 3.05) is 5.33 Å². The van der Waals surface area contributed by atoms with Gasteiger partial charge < -0.3 is 0 Å². The van der Waals surface area contributed by atoms with E-state index in [1.165, 1.54) is 6.42 Å². The number of Topliss-reactive ketones (excluding diaryl/α,β-unsaturated/α-hetero) is 1. The minimum atomic E-state index is -0.0961. The summed E-state index contributed by atoms with van der Waals surface area (Å²) in [6.07, 6.45) is 3.11. The molecule has 0 heterocycles. The molecule has 80 valence electrons. The SMILES string of the molecule is CC1(C)[C@@H]2CC[C@@]1([C@@H](Br)CBr)C(=O)C2. The Bertz CT molecular complexity index is 274. The van der Waals surface area contributed by atoms with Crippen molar-refractivity contribution in [3.63, 3.8) is 0 Å². The van der Waals surface area contributed by atoms with Crippen molar-refractivity contribution in [3.8, 4) is 0 Å². The van der Waals surface area contributed by atoms with E-state index in [2.05, 4.69) is 45.7 Å². The first-order valence-corrected chi connectivity index (χ1v) is 7.24. The van der Waals surface area contributed by atoms with Crippen LogP contribution in [0.2, 0.25) is 0 Å². The van der Waals surface area contributed by atoms with Gasteiger partial charge >= 0.3 is 0 Å². The Labute approximate surface area is 102 Å². The lowest BCUT2D eigenvalue weighted by molar-refractivity contribution is -0.129. The van der Waals surface area contributed by atoms with Crippen LogP contribution >= 0.6 is 31.9 Å². The molecule has 3 atom stereocenters. The molecule has 0 unspecified atom stereocenters. The van der Waals surface area contributed by atoms with Crippen molar-refractivity contribution >= 4 is 37.6 Å². The van der Waals surface area contributed by atoms with E-state index in [0.29, 0.717) is 16.5 Å². The van der Waals surface area contributed by atoms with E-state index in [1.54, 1.807) is 0 Å². The molecule has 0 aromatic carbocycles. The molecule has 0 spiro atoms. The molecular weight excluding hydrogens is 308 g/mol. The monoisotopic (exact) mass is 322 g/mol. The number of hydrogen-bond acceptors (Lipinski definition) is 1. The van der Waals surface area contributed by atoms with Gasteiger partial charge in [0.2, 0.25) is 0 Å². The zero-order chi connectivity index (χ0) is 10.6. The van der Waals surface area contributed by atoms with Gasteiger partial charge in [-0.1, -0.05) is 45.7 Å². The maximum atomic E-state index is 12.1. The summed E-state index contributed by atoms with van der Waals surface area (Å²) in [5, 5.41) is 0.870. The van der Waals surface area contributed by atoms with Crippen LogP contribution in [0.25, 0.3) is 0 Å². The number of ketones is 1. The van der Waals surface area contributed by atoms with E-state index in [0.717, 1.165) is 18.2 Å². The van der Waals surface area contributed by atoms with E-state index < -0.39 is 0 Å². The van der Waals surface area contributed by atoms with Gasteiger partial charge in [-0.3, -0.25) is 4.79 Å². The second-order valence-electron chi connectivity index (χ2n) is 5.18. The van der Waals surface area contributed by atoms with Gasteiger partial charge in [-0.25, -0.2) is 0 Å². The fourth-order valence-electron chi connectivity index (χ4n) is 3.58. The molecule has 0 N–H and O–H groups in total. The van der Waals surface area contributed by atoms with E-state index in [4.69, 9.17) is 0 Å². The highest BCUT2D eigenvalue weighted by Gasteiger charge is 2.66. The van der Waals surface area contributed by atoms with Gasteiger partial charge in [0.1, 0.15) is 5.78 Å². The first kappa shape index (κ1) is 11.1.